The summed E-state index contributed by atoms with van der Waals surface area (Å²) >= 11 is 7.28. The molecule has 6 nitrogen and oxygen atoms in total. The lowest BCUT2D eigenvalue weighted by molar-refractivity contribution is -0.143. The second kappa shape index (κ2) is 6.93. The van der Waals surface area contributed by atoms with Crippen LogP contribution in [0.1, 0.15) is 19.5 Å². The van der Waals surface area contributed by atoms with Crippen LogP contribution in [-0.4, -0.2) is 39.2 Å². The standard InChI is InChI=1S/C17H16ClN3O3S/c1-10(2)7-20-15(22)16(23)21(17(20)24)8-13-9-25-14(19-13)11-3-5-12(18)6-4-11/h3-6,9-10H,7-8H2,1-2H3. The number of hydrogen-bond donors (Lipinski definition) is 0. The van der Waals surface area contributed by atoms with Crippen molar-refractivity contribution in [3.63, 3.8) is 0 Å². The zero-order chi connectivity index (χ0) is 18.1. The quantitative estimate of drug-likeness (QED) is 0.591. The Morgan fingerprint density at radius 2 is 1.72 bits per heavy atom. The molecule has 0 bridgehead atoms. The Morgan fingerprint density at radius 3 is 2.36 bits per heavy atom. The van der Waals surface area contributed by atoms with E-state index in [4.69, 9.17) is 11.6 Å². The normalized spacial score (nSPS) is 15.0. The molecule has 1 aliphatic heterocycles. The molecule has 3 rings (SSSR count). The number of hydrogen-bond acceptors (Lipinski definition) is 5. The van der Waals surface area contributed by atoms with Gasteiger partial charge in [0.25, 0.3) is 0 Å². The fourth-order valence-electron chi connectivity index (χ4n) is 2.48. The van der Waals surface area contributed by atoms with Crippen molar-refractivity contribution in [3.8, 4) is 10.6 Å². The van der Waals surface area contributed by atoms with Crippen LogP contribution in [0.2, 0.25) is 5.02 Å². The molecular weight excluding hydrogens is 362 g/mol. The van der Waals surface area contributed by atoms with Gasteiger partial charge in [-0.2, -0.15) is 0 Å². The number of halogens is 1. The van der Waals surface area contributed by atoms with E-state index in [-0.39, 0.29) is 19.0 Å². The van der Waals surface area contributed by atoms with E-state index in [1.165, 1.54) is 11.3 Å². The summed E-state index contributed by atoms with van der Waals surface area (Å²) in [5, 5.41) is 3.17. The first-order chi connectivity index (χ1) is 11.9. The molecule has 1 fully saturated rings. The summed E-state index contributed by atoms with van der Waals surface area (Å²) in [6.07, 6.45) is 0. The number of carbonyl (C=O) groups is 3. The number of benzene rings is 1. The van der Waals surface area contributed by atoms with E-state index in [0.717, 1.165) is 20.4 Å². The number of urea groups is 1. The minimum atomic E-state index is -0.799. The summed E-state index contributed by atoms with van der Waals surface area (Å²) in [7, 11) is 0. The lowest BCUT2D eigenvalue weighted by Gasteiger charge is -2.16. The number of thiazole rings is 1. The summed E-state index contributed by atoms with van der Waals surface area (Å²) in [6, 6.07) is 6.67. The molecule has 0 spiro atoms. The number of carbonyl (C=O) groups excluding carboxylic acids is 3. The zero-order valence-corrected chi connectivity index (χ0v) is 15.3. The Kier molecular flexibility index (Phi) is 4.87. The maximum absolute atomic E-state index is 12.4. The molecular formula is C17H16ClN3O3S. The van der Waals surface area contributed by atoms with Gasteiger partial charge in [0.05, 0.1) is 12.2 Å². The van der Waals surface area contributed by atoms with Gasteiger partial charge in [-0.1, -0.05) is 37.6 Å². The lowest BCUT2D eigenvalue weighted by atomic mass is 10.2. The van der Waals surface area contributed by atoms with Crippen LogP contribution in [0, 0.1) is 5.92 Å². The summed E-state index contributed by atoms with van der Waals surface area (Å²) in [6.45, 7) is 3.98. The summed E-state index contributed by atoms with van der Waals surface area (Å²) < 4.78 is 0. The molecule has 0 saturated carbocycles. The van der Waals surface area contributed by atoms with Gasteiger partial charge in [0.1, 0.15) is 5.01 Å². The van der Waals surface area contributed by atoms with Crippen molar-refractivity contribution in [2.24, 2.45) is 5.92 Å². The van der Waals surface area contributed by atoms with Gasteiger partial charge in [-0.15, -0.1) is 11.3 Å². The average Bonchev–Trinajstić information content (AvgIpc) is 3.11. The van der Waals surface area contributed by atoms with Crippen LogP contribution in [0.3, 0.4) is 0 Å². The summed E-state index contributed by atoms with van der Waals surface area (Å²) in [5.74, 6) is -1.48. The van der Waals surface area contributed by atoms with Gasteiger partial charge >= 0.3 is 17.8 Å². The highest BCUT2D eigenvalue weighted by Crippen LogP contribution is 2.26. The Morgan fingerprint density at radius 1 is 1.08 bits per heavy atom. The van der Waals surface area contributed by atoms with E-state index >= 15 is 0 Å². The molecule has 4 amide bonds. The van der Waals surface area contributed by atoms with E-state index < -0.39 is 17.8 Å². The molecule has 25 heavy (non-hydrogen) atoms. The third-order valence-electron chi connectivity index (χ3n) is 3.65. The fraction of sp³-hybridized carbons (Fsp3) is 0.294. The third kappa shape index (κ3) is 3.57. The van der Waals surface area contributed by atoms with E-state index in [9.17, 15) is 14.4 Å². The van der Waals surface area contributed by atoms with E-state index in [2.05, 4.69) is 4.98 Å². The monoisotopic (exact) mass is 377 g/mol. The first kappa shape index (κ1) is 17.6. The highest BCUT2D eigenvalue weighted by Gasteiger charge is 2.44. The van der Waals surface area contributed by atoms with Gasteiger partial charge < -0.3 is 0 Å². The molecule has 0 radical (unpaired) electrons. The minimum Gasteiger partial charge on any atom is -0.263 e. The lowest BCUT2D eigenvalue weighted by Crippen LogP contribution is -2.35. The minimum absolute atomic E-state index is 0.0118. The zero-order valence-electron chi connectivity index (χ0n) is 13.7. The van der Waals surface area contributed by atoms with Crippen molar-refractivity contribution >= 4 is 40.8 Å². The fourth-order valence-corrected chi connectivity index (χ4v) is 3.43. The van der Waals surface area contributed by atoms with Crippen molar-refractivity contribution in [3.05, 3.63) is 40.4 Å². The number of aromatic nitrogens is 1. The number of nitrogens with zero attached hydrogens (tertiary/aromatic N) is 3. The van der Waals surface area contributed by atoms with Crippen molar-refractivity contribution in [2.45, 2.75) is 20.4 Å². The van der Waals surface area contributed by atoms with Crippen molar-refractivity contribution in [1.29, 1.82) is 0 Å². The van der Waals surface area contributed by atoms with Crippen LogP contribution < -0.4 is 0 Å². The third-order valence-corrected chi connectivity index (χ3v) is 4.84. The van der Waals surface area contributed by atoms with Crippen LogP contribution in [0.5, 0.6) is 0 Å². The van der Waals surface area contributed by atoms with Crippen molar-refractivity contribution in [1.82, 2.24) is 14.8 Å². The molecule has 2 aromatic rings. The maximum Gasteiger partial charge on any atom is 0.334 e. The largest absolute Gasteiger partial charge is 0.334 e. The van der Waals surface area contributed by atoms with Gasteiger partial charge in [0.2, 0.25) is 0 Å². The topological polar surface area (TPSA) is 70.6 Å². The SMILES string of the molecule is CC(C)CN1C(=O)C(=O)N(Cc2csc(-c3ccc(Cl)cc3)n2)C1=O. The van der Waals surface area contributed by atoms with Crippen LogP contribution in [-0.2, 0) is 16.1 Å². The molecule has 0 unspecified atom stereocenters. The molecule has 130 valence electrons. The number of rotatable bonds is 5. The highest BCUT2D eigenvalue weighted by molar-refractivity contribution is 7.13. The van der Waals surface area contributed by atoms with Crippen LogP contribution in [0.4, 0.5) is 4.79 Å². The van der Waals surface area contributed by atoms with Gasteiger partial charge in [-0.25, -0.2) is 14.7 Å². The van der Waals surface area contributed by atoms with Gasteiger partial charge in [0.15, 0.2) is 0 Å². The van der Waals surface area contributed by atoms with Crippen LogP contribution in [0.25, 0.3) is 10.6 Å². The highest BCUT2D eigenvalue weighted by atomic mass is 35.5. The molecule has 1 aromatic heterocycles. The first-order valence-corrected chi connectivity index (χ1v) is 9.00. The Hall–Kier alpha value is -2.25. The van der Waals surface area contributed by atoms with Gasteiger partial charge in [-0.3, -0.25) is 14.5 Å². The molecule has 0 N–H and O–H groups in total. The van der Waals surface area contributed by atoms with E-state index in [1.807, 2.05) is 26.0 Å². The second-order valence-corrected chi connectivity index (χ2v) is 7.43. The summed E-state index contributed by atoms with van der Waals surface area (Å²) in [5.41, 5.74) is 1.47. The van der Waals surface area contributed by atoms with Crippen molar-refractivity contribution < 1.29 is 14.4 Å². The molecule has 1 aromatic carbocycles. The predicted molar refractivity (Wildman–Crippen MR) is 95.1 cm³/mol. The molecule has 0 atom stereocenters. The average molecular weight is 378 g/mol. The first-order valence-electron chi connectivity index (χ1n) is 7.74. The molecule has 2 heterocycles. The maximum atomic E-state index is 12.4. The van der Waals surface area contributed by atoms with Crippen LogP contribution >= 0.6 is 22.9 Å². The predicted octanol–water partition coefficient (Wildman–Crippen LogP) is 3.41. The van der Waals surface area contributed by atoms with Crippen LogP contribution in [0.15, 0.2) is 29.6 Å². The number of imide groups is 2. The molecule has 0 aliphatic carbocycles. The summed E-state index contributed by atoms with van der Waals surface area (Å²) in [4.78, 5) is 42.8. The van der Waals surface area contributed by atoms with E-state index in [1.54, 1.807) is 17.5 Å². The van der Waals surface area contributed by atoms with Crippen molar-refractivity contribution in [2.75, 3.05) is 6.54 Å². The smallest absolute Gasteiger partial charge is 0.263 e. The Bertz CT molecular complexity index is 832. The molecule has 8 heteroatoms. The molecule has 1 saturated heterocycles. The van der Waals surface area contributed by atoms with E-state index in [0.29, 0.717) is 10.7 Å². The molecule has 1 aliphatic rings. The Balaban J connectivity index is 1.76. The van der Waals surface area contributed by atoms with Gasteiger partial charge in [0, 0.05) is 22.5 Å². The second-order valence-electron chi connectivity index (χ2n) is 6.13. The number of amides is 4. The van der Waals surface area contributed by atoms with Gasteiger partial charge in [-0.05, 0) is 18.1 Å². The Labute approximate surface area is 154 Å².